The second kappa shape index (κ2) is 4.57. The Morgan fingerprint density at radius 3 is 3.25 bits per heavy atom. The maximum Gasteiger partial charge on any atom is 0.142 e. The van der Waals surface area contributed by atoms with Crippen molar-refractivity contribution < 1.29 is 0 Å². The van der Waals surface area contributed by atoms with E-state index in [4.69, 9.17) is 5.26 Å². The molecule has 0 aromatic carbocycles. The highest BCUT2D eigenvalue weighted by Gasteiger charge is 2.00. The van der Waals surface area contributed by atoms with Crippen molar-refractivity contribution in [2.24, 2.45) is 0 Å². The third-order valence-electron chi connectivity index (χ3n) is 1.21. The van der Waals surface area contributed by atoms with E-state index in [-0.39, 0.29) is 0 Å². The average molecular weight is 180 g/mol. The van der Waals surface area contributed by atoms with Gasteiger partial charge in [0.15, 0.2) is 0 Å². The van der Waals surface area contributed by atoms with Crippen molar-refractivity contribution in [1.82, 2.24) is 9.97 Å². The zero-order valence-corrected chi connectivity index (χ0v) is 7.43. The zero-order chi connectivity index (χ0) is 8.81. The Morgan fingerprint density at radius 2 is 2.58 bits per heavy atom. The lowest BCUT2D eigenvalue weighted by Gasteiger charge is -2.02. The molecule has 0 spiro atoms. The lowest BCUT2D eigenvalue weighted by atomic mass is 10.6. The fraction of sp³-hybridized carbons (Fsp3) is 0.286. The predicted octanol–water partition coefficient (Wildman–Crippen LogP) is 1.13. The minimum absolute atomic E-state index is 0.419. The van der Waals surface area contributed by atoms with Crippen molar-refractivity contribution in [2.45, 2.75) is 4.90 Å². The van der Waals surface area contributed by atoms with E-state index in [1.165, 1.54) is 18.1 Å². The Labute approximate surface area is 75.0 Å². The summed E-state index contributed by atoms with van der Waals surface area (Å²) < 4.78 is 0. The van der Waals surface area contributed by atoms with Crippen molar-refractivity contribution in [2.75, 3.05) is 18.1 Å². The van der Waals surface area contributed by atoms with Crippen LogP contribution in [0.4, 0.5) is 5.82 Å². The van der Waals surface area contributed by atoms with Gasteiger partial charge in [0.2, 0.25) is 0 Å². The Hall–Kier alpha value is -1.28. The average Bonchev–Trinajstić information content (AvgIpc) is 2.15. The molecule has 1 aromatic heterocycles. The van der Waals surface area contributed by atoms with Gasteiger partial charge in [0, 0.05) is 13.2 Å². The summed E-state index contributed by atoms with van der Waals surface area (Å²) in [5, 5.41) is 11.3. The van der Waals surface area contributed by atoms with Gasteiger partial charge in [-0.25, -0.2) is 9.97 Å². The molecule has 12 heavy (non-hydrogen) atoms. The van der Waals surface area contributed by atoms with Crippen LogP contribution in [0.15, 0.2) is 17.4 Å². The lowest BCUT2D eigenvalue weighted by molar-refractivity contribution is 1.09. The molecule has 0 saturated carbocycles. The van der Waals surface area contributed by atoms with Gasteiger partial charge >= 0.3 is 0 Å². The van der Waals surface area contributed by atoms with E-state index in [1.807, 2.05) is 6.07 Å². The summed E-state index contributed by atoms with van der Waals surface area (Å²) in [6, 6.07) is 2.05. The van der Waals surface area contributed by atoms with Gasteiger partial charge in [-0.1, -0.05) is 0 Å². The molecule has 1 N–H and O–H groups in total. The number of aromatic nitrogens is 2. The highest BCUT2D eigenvalue weighted by molar-refractivity contribution is 7.99. The summed E-state index contributed by atoms with van der Waals surface area (Å²) in [4.78, 5) is 8.77. The molecule has 0 aliphatic carbocycles. The van der Waals surface area contributed by atoms with E-state index in [1.54, 1.807) is 13.2 Å². The molecular formula is C7H8N4S. The van der Waals surface area contributed by atoms with Crippen molar-refractivity contribution in [3.63, 3.8) is 0 Å². The number of nitrogens with one attached hydrogen (secondary N) is 1. The normalized spacial score (nSPS) is 9.00. The molecule has 0 aliphatic rings. The summed E-state index contributed by atoms with van der Waals surface area (Å²) >= 11 is 1.42. The van der Waals surface area contributed by atoms with Crippen molar-refractivity contribution in [3.8, 4) is 6.07 Å². The van der Waals surface area contributed by atoms with E-state index in [0.29, 0.717) is 5.75 Å². The molecule has 5 heteroatoms. The van der Waals surface area contributed by atoms with E-state index in [2.05, 4.69) is 15.3 Å². The fourth-order valence-corrected chi connectivity index (χ4v) is 1.37. The van der Waals surface area contributed by atoms with E-state index < -0.39 is 0 Å². The van der Waals surface area contributed by atoms with Crippen LogP contribution in [0.1, 0.15) is 0 Å². The SMILES string of the molecule is CNc1ncncc1SCC#N. The molecule has 1 aromatic rings. The number of hydrogen-bond acceptors (Lipinski definition) is 5. The van der Waals surface area contributed by atoms with Gasteiger partial charge in [0.1, 0.15) is 12.1 Å². The van der Waals surface area contributed by atoms with Crippen LogP contribution in [0.5, 0.6) is 0 Å². The quantitative estimate of drug-likeness (QED) is 0.706. The van der Waals surface area contributed by atoms with Gasteiger partial charge in [-0.15, -0.1) is 11.8 Å². The number of rotatable bonds is 3. The Morgan fingerprint density at radius 1 is 1.75 bits per heavy atom. The molecule has 0 fully saturated rings. The first-order valence-corrected chi connectivity index (χ1v) is 4.34. The second-order valence-corrected chi connectivity index (χ2v) is 2.95. The van der Waals surface area contributed by atoms with Crippen LogP contribution in [0.25, 0.3) is 0 Å². The molecule has 0 aliphatic heterocycles. The smallest absolute Gasteiger partial charge is 0.142 e. The summed E-state index contributed by atoms with van der Waals surface area (Å²) in [7, 11) is 1.79. The van der Waals surface area contributed by atoms with Crippen LogP contribution in [-0.4, -0.2) is 22.8 Å². The number of hydrogen-bond donors (Lipinski definition) is 1. The molecule has 0 amide bonds. The second-order valence-electron chi connectivity index (χ2n) is 1.93. The molecule has 0 radical (unpaired) electrons. The molecule has 62 valence electrons. The minimum atomic E-state index is 0.419. The van der Waals surface area contributed by atoms with Crippen LogP contribution in [0.3, 0.4) is 0 Å². The highest BCUT2D eigenvalue weighted by Crippen LogP contribution is 2.22. The highest BCUT2D eigenvalue weighted by atomic mass is 32.2. The summed E-state index contributed by atoms with van der Waals surface area (Å²) in [6.07, 6.45) is 3.17. The molecule has 1 rings (SSSR count). The van der Waals surface area contributed by atoms with Crippen molar-refractivity contribution in [3.05, 3.63) is 12.5 Å². The molecular weight excluding hydrogens is 172 g/mol. The topological polar surface area (TPSA) is 61.6 Å². The standard InChI is InChI=1S/C7H8N4S/c1-9-7-6(12-3-2-8)4-10-5-11-7/h4-5H,3H2,1H3,(H,9,10,11). The number of anilines is 1. The lowest BCUT2D eigenvalue weighted by Crippen LogP contribution is -1.95. The van der Waals surface area contributed by atoms with Gasteiger partial charge in [-0.2, -0.15) is 5.26 Å². The zero-order valence-electron chi connectivity index (χ0n) is 6.61. The first-order valence-electron chi connectivity index (χ1n) is 3.36. The van der Waals surface area contributed by atoms with Gasteiger partial charge in [-0.05, 0) is 0 Å². The first-order chi connectivity index (χ1) is 5.88. The predicted molar refractivity (Wildman–Crippen MR) is 47.9 cm³/mol. The fourth-order valence-electron chi connectivity index (χ4n) is 0.720. The molecule has 4 nitrogen and oxygen atoms in total. The van der Waals surface area contributed by atoms with E-state index in [9.17, 15) is 0 Å². The van der Waals surface area contributed by atoms with Crippen molar-refractivity contribution in [1.29, 1.82) is 5.26 Å². The summed E-state index contributed by atoms with van der Waals surface area (Å²) in [5.41, 5.74) is 0. The van der Waals surface area contributed by atoms with Crippen LogP contribution in [0.2, 0.25) is 0 Å². The maximum atomic E-state index is 8.36. The van der Waals surface area contributed by atoms with Gasteiger partial charge in [0.25, 0.3) is 0 Å². The summed E-state index contributed by atoms with van der Waals surface area (Å²) in [5.74, 6) is 1.19. The maximum absolute atomic E-state index is 8.36. The van der Waals surface area contributed by atoms with Gasteiger partial charge in [-0.3, -0.25) is 0 Å². The third kappa shape index (κ3) is 2.10. The number of nitrogens with zero attached hydrogens (tertiary/aromatic N) is 3. The number of nitriles is 1. The monoisotopic (exact) mass is 180 g/mol. The molecule has 0 atom stereocenters. The minimum Gasteiger partial charge on any atom is -0.372 e. The van der Waals surface area contributed by atoms with Crippen LogP contribution in [0, 0.1) is 11.3 Å². The third-order valence-corrected chi connectivity index (χ3v) is 2.09. The number of thioether (sulfide) groups is 1. The van der Waals surface area contributed by atoms with Crippen molar-refractivity contribution >= 4 is 17.6 Å². The molecule has 0 bridgehead atoms. The molecule has 0 unspecified atom stereocenters. The van der Waals surface area contributed by atoms with Crippen LogP contribution >= 0.6 is 11.8 Å². The Bertz CT molecular complexity index is 294. The Balaban J connectivity index is 2.76. The summed E-state index contributed by atoms with van der Waals surface area (Å²) in [6.45, 7) is 0. The van der Waals surface area contributed by atoms with Crippen LogP contribution < -0.4 is 5.32 Å². The van der Waals surface area contributed by atoms with E-state index >= 15 is 0 Å². The Kier molecular flexibility index (Phi) is 3.35. The molecule has 1 heterocycles. The van der Waals surface area contributed by atoms with Gasteiger partial charge in [0.05, 0.1) is 16.7 Å². The van der Waals surface area contributed by atoms with E-state index in [0.717, 1.165) is 10.7 Å². The largest absolute Gasteiger partial charge is 0.372 e. The van der Waals surface area contributed by atoms with Gasteiger partial charge < -0.3 is 5.32 Å². The molecule has 0 saturated heterocycles. The first kappa shape index (κ1) is 8.81. The van der Waals surface area contributed by atoms with Crippen LogP contribution in [-0.2, 0) is 0 Å².